The molecule has 0 atom stereocenters. The van der Waals surface area contributed by atoms with Gasteiger partial charge in [-0.05, 0) is 6.07 Å². The van der Waals surface area contributed by atoms with Crippen molar-refractivity contribution in [1.82, 2.24) is 0 Å². The van der Waals surface area contributed by atoms with Crippen LogP contribution in [0.3, 0.4) is 0 Å². The van der Waals surface area contributed by atoms with Crippen LogP contribution in [0.1, 0.15) is 17.4 Å². The van der Waals surface area contributed by atoms with Gasteiger partial charge in [-0.3, -0.25) is 0 Å². The number of nitrogens with zero attached hydrogens (tertiary/aromatic N) is 1. The summed E-state index contributed by atoms with van der Waals surface area (Å²) >= 11 is 0. The average molecular weight is 177 g/mol. The highest BCUT2D eigenvalue weighted by Gasteiger charge is 2.12. The number of benzene rings is 1. The number of nitriles is 1. The van der Waals surface area contributed by atoms with Crippen LogP contribution in [-0.2, 0) is 9.47 Å². The molecule has 0 saturated heterocycles. The molecular weight excluding hydrogens is 166 g/mol. The SMILES string of the molecule is COC(OC)c1ccccc1C#N. The maximum absolute atomic E-state index is 8.80. The summed E-state index contributed by atoms with van der Waals surface area (Å²) in [5.74, 6) is 0. The van der Waals surface area contributed by atoms with Crippen molar-refractivity contribution in [2.24, 2.45) is 0 Å². The number of hydrogen-bond acceptors (Lipinski definition) is 3. The highest BCUT2D eigenvalue weighted by atomic mass is 16.7. The summed E-state index contributed by atoms with van der Waals surface area (Å²) in [5.41, 5.74) is 1.34. The molecule has 0 aliphatic rings. The van der Waals surface area contributed by atoms with E-state index in [0.29, 0.717) is 5.56 Å². The van der Waals surface area contributed by atoms with E-state index < -0.39 is 6.29 Å². The lowest BCUT2D eigenvalue weighted by Crippen LogP contribution is -2.05. The minimum absolute atomic E-state index is 0.462. The molecule has 0 heterocycles. The molecule has 0 unspecified atom stereocenters. The molecule has 1 aromatic rings. The first-order valence-electron chi connectivity index (χ1n) is 3.88. The summed E-state index contributed by atoms with van der Waals surface area (Å²) in [4.78, 5) is 0. The summed E-state index contributed by atoms with van der Waals surface area (Å²) < 4.78 is 10.1. The van der Waals surface area contributed by atoms with Crippen LogP contribution in [0, 0.1) is 11.3 Å². The molecule has 0 aliphatic heterocycles. The second-order valence-electron chi connectivity index (χ2n) is 2.50. The molecule has 0 aromatic heterocycles. The molecule has 1 rings (SSSR count). The molecule has 0 aliphatic carbocycles. The van der Waals surface area contributed by atoms with Crippen LogP contribution in [0.15, 0.2) is 24.3 Å². The second kappa shape index (κ2) is 4.61. The molecule has 0 radical (unpaired) electrons. The quantitative estimate of drug-likeness (QED) is 0.661. The van der Waals surface area contributed by atoms with Crippen LogP contribution >= 0.6 is 0 Å². The largest absolute Gasteiger partial charge is 0.352 e. The molecular formula is C10H11NO2. The summed E-state index contributed by atoms with van der Waals surface area (Å²) in [5, 5.41) is 8.80. The van der Waals surface area contributed by atoms with Gasteiger partial charge < -0.3 is 9.47 Å². The Morgan fingerprint density at radius 2 is 1.85 bits per heavy atom. The molecule has 0 spiro atoms. The normalized spacial score (nSPS) is 10.0. The highest BCUT2D eigenvalue weighted by Crippen LogP contribution is 2.20. The molecule has 0 N–H and O–H groups in total. The van der Waals surface area contributed by atoms with Crippen molar-refractivity contribution < 1.29 is 9.47 Å². The molecule has 1 aromatic carbocycles. The Kier molecular flexibility index (Phi) is 3.44. The van der Waals surface area contributed by atoms with E-state index in [-0.39, 0.29) is 0 Å². The zero-order valence-electron chi connectivity index (χ0n) is 7.65. The predicted molar refractivity (Wildman–Crippen MR) is 47.9 cm³/mol. The van der Waals surface area contributed by atoms with E-state index in [1.165, 1.54) is 0 Å². The zero-order chi connectivity index (χ0) is 9.68. The molecule has 68 valence electrons. The van der Waals surface area contributed by atoms with E-state index >= 15 is 0 Å². The number of ether oxygens (including phenoxy) is 2. The van der Waals surface area contributed by atoms with Gasteiger partial charge in [-0.1, -0.05) is 18.2 Å². The predicted octanol–water partition coefficient (Wildman–Crippen LogP) is 1.85. The van der Waals surface area contributed by atoms with E-state index in [1.54, 1.807) is 20.3 Å². The monoisotopic (exact) mass is 177 g/mol. The molecule has 13 heavy (non-hydrogen) atoms. The fourth-order valence-corrected chi connectivity index (χ4v) is 1.15. The molecule has 0 fully saturated rings. The maximum Gasteiger partial charge on any atom is 0.184 e. The van der Waals surface area contributed by atoms with E-state index in [9.17, 15) is 0 Å². The van der Waals surface area contributed by atoms with E-state index in [0.717, 1.165) is 5.56 Å². The molecule has 3 heteroatoms. The summed E-state index contributed by atoms with van der Waals surface area (Å²) in [6.07, 6.45) is -0.462. The fourth-order valence-electron chi connectivity index (χ4n) is 1.15. The molecule has 3 nitrogen and oxygen atoms in total. The first-order valence-corrected chi connectivity index (χ1v) is 3.88. The summed E-state index contributed by atoms with van der Waals surface area (Å²) in [7, 11) is 3.09. The third-order valence-electron chi connectivity index (χ3n) is 1.76. The van der Waals surface area contributed by atoms with Gasteiger partial charge >= 0.3 is 0 Å². The van der Waals surface area contributed by atoms with Gasteiger partial charge in [0.25, 0.3) is 0 Å². The Labute approximate surface area is 77.5 Å². The van der Waals surface area contributed by atoms with Crippen molar-refractivity contribution in [3.8, 4) is 6.07 Å². The van der Waals surface area contributed by atoms with E-state index in [2.05, 4.69) is 6.07 Å². The van der Waals surface area contributed by atoms with Crippen molar-refractivity contribution in [3.05, 3.63) is 35.4 Å². The first kappa shape index (κ1) is 9.72. The maximum atomic E-state index is 8.80. The lowest BCUT2D eigenvalue weighted by atomic mass is 10.1. The Bertz CT molecular complexity index is 313. The topological polar surface area (TPSA) is 42.2 Å². The Hall–Kier alpha value is -1.37. The lowest BCUT2D eigenvalue weighted by Gasteiger charge is -2.14. The van der Waals surface area contributed by atoms with Crippen LogP contribution in [0.25, 0.3) is 0 Å². The summed E-state index contributed by atoms with van der Waals surface area (Å²) in [6.45, 7) is 0. The minimum Gasteiger partial charge on any atom is -0.352 e. The van der Waals surface area contributed by atoms with Gasteiger partial charge in [-0.25, -0.2) is 0 Å². The van der Waals surface area contributed by atoms with Gasteiger partial charge in [0.05, 0.1) is 11.6 Å². The van der Waals surface area contributed by atoms with Crippen molar-refractivity contribution in [2.75, 3.05) is 14.2 Å². The van der Waals surface area contributed by atoms with E-state index in [4.69, 9.17) is 14.7 Å². The highest BCUT2D eigenvalue weighted by molar-refractivity contribution is 5.38. The van der Waals surface area contributed by atoms with Gasteiger partial charge in [0.2, 0.25) is 0 Å². The second-order valence-corrected chi connectivity index (χ2v) is 2.50. The molecule has 0 saturated carbocycles. The van der Waals surface area contributed by atoms with Gasteiger partial charge in [0.1, 0.15) is 0 Å². The molecule has 0 amide bonds. The fraction of sp³-hybridized carbons (Fsp3) is 0.300. The number of methoxy groups -OCH3 is 2. The third-order valence-corrected chi connectivity index (χ3v) is 1.76. The smallest absolute Gasteiger partial charge is 0.184 e. The Morgan fingerprint density at radius 1 is 1.23 bits per heavy atom. The third kappa shape index (κ3) is 2.05. The van der Waals surface area contributed by atoms with Crippen molar-refractivity contribution >= 4 is 0 Å². The van der Waals surface area contributed by atoms with Crippen molar-refractivity contribution in [2.45, 2.75) is 6.29 Å². The van der Waals surface area contributed by atoms with Gasteiger partial charge in [0.15, 0.2) is 6.29 Å². The molecule has 0 bridgehead atoms. The van der Waals surface area contributed by atoms with Gasteiger partial charge in [0, 0.05) is 19.8 Å². The van der Waals surface area contributed by atoms with Crippen LogP contribution < -0.4 is 0 Å². The van der Waals surface area contributed by atoms with Crippen molar-refractivity contribution in [3.63, 3.8) is 0 Å². The number of rotatable bonds is 3. The zero-order valence-corrected chi connectivity index (χ0v) is 7.65. The first-order chi connectivity index (χ1) is 6.33. The van der Waals surface area contributed by atoms with Crippen LogP contribution in [-0.4, -0.2) is 14.2 Å². The Balaban J connectivity index is 3.05. The van der Waals surface area contributed by atoms with E-state index in [1.807, 2.05) is 18.2 Å². The minimum atomic E-state index is -0.462. The Morgan fingerprint density at radius 3 is 2.38 bits per heavy atom. The standard InChI is InChI=1S/C10H11NO2/c1-12-10(13-2)9-6-4-3-5-8(9)7-11/h3-6,10H,1-2H3. The van der Waals surface area contributed by atoms with Crippen LogP contribution in [0.5, 0.6) is 0 Å². The number of hydrogen-bond donors (Lipinski definition) is 0. The summed E-state index contributed by atoms with van der Waals surface area (Å²) in [6, 6.07) is 9.30. The van der Waals surface area contributed by atoms with Crippen LogP contribution in [0.4, 0.5) is 0 Å². The van der Waals surface area contributed by atoms with Gasteiger partial charge in [-0.2, -0.15) is 5.26 Å². The van der Waals surface area contributed by atoms with Crippen LogP contribution in [0.2, 0.25) is 0 Å². The lowest BCUT2D eigenvalue weighted by molar-refractivity contribution is -0.106. The average Bonchev–Trinajstić information content (AvgIpc) is 2.20. The van der Waals surface area contributed by atoms with Gasteiger partial charge in [-0.15, -0.1) is 0 Å². The van der Waals surface area contributed by atoms with Crippen molar-refractivity contribution in [1.29, 1.82) is 5.26 Å².